The van der Waals surface area contributed by atoms with Crippen molar-refractivity contribution in [3.63, 3.8) is 0 Å². The van der Waals surface area contributed by atoms with Crippen LogP contribution in [-0.4, -0.2) is 10.3 Å². The standard InChI is InChI=1S/C8H8BrCl2N/c1-5(3-9)6-2-8(11)12-4-7(6)10/h2,4-5H,3H2,1H3. The van der Waals surface area contributed by atoms with E-state index in [1.807, 2.05) is 0 Å². The van der Waals surface area contributed by atoms with E-state index >= 15 is 0 Å². The Morgan fingerprint density at radius 2 is 2.25 bits per heavy atom. The lowest BCUT2D eigenvalue weighted by Crippen LogP contribution is -1.96. The Morgan fingerprint density at radius 3 is 2.83 bits per heavy atom. The van der Waals surface area contributed by atoms with Crippen molar-refractivity contribution in [2.75, 3.05) is 5.33 Å². The van der Waals surface area contributed by atoms with E-state index in [0.29, 0.717) is 16.1 Å². The average Bonchev–Trinajstić information content (AvgIpc) is 2.08. The van der Waals surface area contributed by atoms with Crippen LogP contribution in [0.3, 0.4) is 0 Å². The minimum Gasteiger partial charge on any atom is -0.243 e. The van der Waals surface area contributed by atoms with Crippen LogP contribution in [0.2, 0.25) is 10.2 Å². The van der Waals surface area contributed by atoms with Gasteiger partial charge >= 0.3 is 0 Å². The summed E-state index contributed by atoms with van der Waals surface area (Å²) < 4.78 is 0. The van der Waals surface area contributed by atoms with Gasteiger partial charge in [-0.1, -0.05) is 46.1 Å². The first-order valence-electron chi connectivity index (χ1n) is 3.52. The molecule has 4 heteroatoms. The van der Waals surface area contributed by atoms with E-state index in [0.717, 1.165) is 10.9 Å². The van der Waals surface area contributed by atoms with E-state index in [-0.39, 0.29) is 0 Å². The van der Waals surface area contributed by atoms with Gasteiger partial charge in [0.15, 0.2) is 0 Å². The third-order valence-electron chi connectivity index (χ3n) is 1.61. The molecule has 1 aromatic rings. The third-order valence-corrected chi connectivity index (χ3v) is 3.11. The Bertz CT molecular complexity index is 278. The van der Waals surface area contributed by atoms with Crippen molar-refractivity contribution in [1.29, 1.82) is 0 Å². The fraction of sp³-hybridized carbons (Fsp3) is 0.375. The van der Waals surface area contributed by atoms with Crippen LogP contribution >= 0.6 is 39.1 Å². The summed E-state index contributed by atoms with van der Waals surface area (Å²) in [4.78, 5) is 3.87. The average molecular weight is 269 g/mol. The highest BCUT2D eigenvalue weighted by Crippen LogP contribution is 2.26. The molecule has 0 aliphatic rings. The monoisotopic (exact) mass is 267 g/mol. The summed E-state index contributed by atoms with van der Waals surface area (Å²) in [6.07, 6.45) is 1.58. The highest BCUT2D eigenvalue weighted by molar-refractivity contribution is 9.09. The molecule has 1 heterocycles. The molecule has 0 aliphatic carbocycles. The zero-order valence-electron chi connectivity index (χ0n) is 6.52. The normalized spacial score (nSPS) is 13.0. The molecule has 0 spiro atoms. The number of aromatic nitrogens is 1. The van der Waals surface area contributed by atoms with Crippen LogP contribution in [0.25, 0.3) is 0 Å². The van der Waals surface area contributed by atoms with Crippen molar-refractivity contribution in [3.05, 3.63) is 28.0 Å². The predicted molar refractivity (Wildman–Crippen MR) is 56.5 cm³/mol. The highest BCUT2D eigenvalue weighted by Gasteiger charge is 2.09. The van der Waals surface area contributed by atoms with Gasteiger partial charge in [-0.2, -0.15) is 0 Å². The largest absolute Gasteiger partial charge is 0.243 e. The molecule has 0 bridgehead atoms. The molecule has 0 amide bonds. The van der Waals surface area contributed by atoms with Crippen LogP contribution in [0.15, 0.2) is 12.3 Å². The topological polar surface area (TPSA) is 12.9 Å². The SMILES string of the molecule is CC(CBr)c1cc(Cl)ncc1Cl. The molecule has 0 saturated carbocycles. The number of nitrogens with zero attached hydrogens (tertiary/aromatic N) is 1. The van der Waals surface area contributed by atoms with Crippen molar-refractivity contribution < 1.29 is 0 Å². The molecule has 66 valence electrons. The molecule has 0 fully saturated rings. The molecule has 1 nitrogen and oxygen atoms in total. The van der Waals surface area contributed by atoms with Gasteiger partial charge in [-0.25, -0.2) is 4.98 Å². The molecule has 0 radical (unpaired) electrons. The summed E-state index contributed by atoms with van der Waals surface area (Å²) in [5.74, 6) is 0.359. The number of halogens is 3. The lowest BCUT2D eigenvalue weighted by molar-refractivity contribution is 0.884. The Balaban J connectivity index is 3.04. The third kappa shape index (κ3) is 2.35. The van der Waals surface area contributed by atoms with Crippen LogP contribution in [0.5, 0.6) is 0 Å². The number of hydrogen-bond donors (Lipinski definition) is 0. The summed E-state index contributed by atoms with van der Waals surface area (Å²) in [7, 11) is 0. The minimum atomic E-state index is 0.359. The van der Waals surface area contributed by atoms with Gasteiger partial charge in [0.25, 0.3) is 0 Å². The lowest BCUT2D eigenvalue weighted by atomic mass is 10.1. The number of alkyl halides is 1. The second-order valence-electron chi connectivity index (χ2n) is 2.58. The molecule has 0 N–H and O–H groups in total. The molecule has 0 saturated heterocycles. The van der Waals surface area contributed by atoms with Crippen molar-refractivity contribution in [2.45, 2.75) is 12.8 Å². The second-order valence-corrected chi connectivity index (χ2v) is 4.03. The van der Waals surface area contributed by atoms with Crippen molar-refractivity contribution in [1.82, 2.24) is 4.98 Å². The summed E-state index contributed by atoms with van der Waals surface area (Å²) in [6, 6.07) is 1.80. The van der Waals surface area contributed by atoms with Crippen LogP contribution in [0, 0.1) is 0 Å². The maximum absolute atomic E-state index is 5.93. The van der Waals surface area contributed by atoms with Crippen molar-refractivity contribution >= 4 is 39.1 Å². The maximum atomic E-state index is 5.93. The zero-order chi connectivity index (χ0) is 9.14. The van der Waals surface area contributed by atoms with Gasteiger partial charge in [0, 0.05) is 11.5 Å². The zero-order valence-corrected chi connectivity index (χ0v) is 9.62. The van der Waals surface area contributed by atoms with E-state index in [9.17, 15) is 0 Å². The van der Waals surface area contributed by atoms with E-state index in [1.54, 1.807) is 12.3 Å². The number of hydrogen-bond acceptors (Lipinski definition) is 1. The van der Waals surface area contributed by atoms with Gasteiger partial charge in [0.2, 0.25) is 0 Å². The van der Waals surface area contributed by atoms with E-state index in [2.05, 4.69) is 27.8 Å². The summed E-state index contributed by atoms with van der Waals surface area (Å²) in [5.41, 5.74) is 1.04. The predicted octanol–water partition coefficient (Wildman–Crippen LogP) is 3.89. The smallest absolute Gasteiger partial charge is 0.129 e. The van der Waals surface area contributed by atoms with Gasteiger partial charge in [0.1, 0.15) is 5.15 Å². The van der Waals surface area contributed by atoms with Crippen LogP contribution in [-0.2, 0) is 0 Å². The first-order valence-corrected chi connectivity index (χ1v) is 5.39. The Hall–Kier alpha value is 0.210. The molecule has 1 unspecified atom stereocenters. The van der Waals surface area contributed by atoms with Crippen LogP contribution < -0.4 is 0 Å². The first-order chi connectivity index (χ1) is 5.65. The van der Waals surface area contributed by atoms with Gasteiger partial charge in [0.05, 0.1) is 5.02 Å². The summed E-state index contributed by atoms with van der Waals surface area (Å²) in [6.45, 7) is 2.08. The fourth-order valence-corrected chi connectivity index (χ4v) is 1.69. The van der Waals surface area contributed by atoms with Gasteiger partial charge < -0.3 is 0 Å². The van der Waals surface area contributed by atoms with Crippen LogP contribution in [0.4, 0.5) is 0 Å². The molecule has 0 aromatic carbocycles. The molecular formula is C8H8BrCl2N. The molecule has 1 rings (SSSR count). The summed E-state index contributed by atoms with van der Waals surface area (Å²) >= 11 is 15.0. The lowest BCUT2D eigenvalue weighted by Gasteiger charge is -2.09. The molecule has 1 atom stereocenters. The van der Waals surface area contributed by atoms with Crippen molar-refractivity contribution in [3.8, 4) is 0 Å². The number of rotatable bonds is 2. The molecule has 1 aromatic heterocycles. The Morgan fingerprint density at radius 1 is 1.58 bits per heavy atom. The maximum Gasteiger partial charge on any atom is 0.129 e. The minimum absolute atomic E-state index is 0.359. The number of pyridine rings is 1. The van der Waals surface area contributed by atoms with Gasteiger partial charge in [-0.3, -0.25) is 0 Å². The van der Waals surface area contributed by atoms with E-state index in [1.165, 1.54) is 0 Å². The quantitative estimate of drug-likeness (QED) is 0.586. The van der Waals surface area contributed by atoms with Gasteiger partial charge in [-0.05, 0) is 17.5 Å². The second kappa shape index (κ2) is 4.45. The van der Waals surface area contributed by atoms with E-state index in [4.69, 9.17) is 23.2 Å². The van der Waals surface area contributed by atoms with E-state index < -0.39 is 0 Å². The molecule has 12 heavy (non-hydrogen) atoms. The molecule has 0 aliphatic heterocycles. The van der Waals surface area contributed by atoms with Gasteiger partial charge in [-0.15, -0.1) is 0 Å². The van der Waals surface area contributed by atoms with Crippen molar-refractivity contribution in [2.24, 2.45) is 0 Å². The Labute approximate surface area is 90.2 Å². The first kappa shape index (κ1) is 10.3. The highest BCUT2D eigenvalue weighted by atomic mass is 79.9. The Kier molecular flexibility index (Phi) is 3.81. The summed E-state index contributed by atoms with van der Waals surface area (Å²) in [5, 5.41) is 2.03. The molecular weight excluding hydrogens is 261 g/mol. The fourth-order valence-electron chi connectivity index (χ4n) is 0.888. The van der Waals surface area contributed by atoms with Crippen LogP contribution in [0.1, 0.15) is 18.4 Å².